The maximum atomic E-state index is 13.5. The number of carbonyl (C=O) groups excluding carboxylic acids is 1. The van der Waals surface area contributed by atoms with Crippen LogP contribution in [-0.2, 0) is 14.8 Å². The van der Waals surface area contributed by atoms with Crippen molar-refractivity contribution in [1.29, 1.82) is 0 Å². The summed E-state index contributed by atoms with van der Waals surface area (Å²) in [5.41, 5.74) is -6.20. The number of alkyl halides is 9. The lowest BCUT2D eigenvalue weighted by atomic mass is 9.94. The van der Waals surface area contributed by atoms with E-state index in [0.29, 0.717) is 0 Å². The van der Waals surface area contributed by atoms with Crippen molar-refractivity contribution in [3.8, 4) is 0 Å². The molecule has 0 aromatic carbocycles. The first-order chi connectivity index (χ1) is 12.7. The largest absolute Gasteiger partial charge is 0.549 e. The van der Waals surface area contributed by atoms with E-state index in [9.17, 15) is 57.8 Å². The Morgan fingerprint density at radius 3 is 1.90 bits per heavy atom. The first-order valence-electron chi connectivity index (χ1n) is 7.78. The minimum atomic E-state index is -6.68. The third-order valence-corrected chi connectivity index (χ3v) is 4.96. The summed E-state index contributed by atoms with van der Waals surface area (Å²) in [6.45, 7) is -0.792. The molecule has 0 aromatic heterocycles. The Balaban J connectivity index is 4.79. The van der Waals surface area contributed by atoms with Crippen molar-refractivity contribution in [2.24, 2.45) is 0 Å². The summed E-state index contributed by atoms with van der Waals surface area (Å²) >= 11 is 0. The monoisotopic (exact) mass is 469 g/mol. The van der Waals surface area contributed by atoms with Gasteiger partial charge in [-0.05, 0) is 20.0 Å². The predicted molar refractivity (Wildman–Crippen MR) is 79.0 cm³/mol. The van der Waals surface area contributed by atoms with E-state index in [-0.39, 0.29) is 19.5 Å². The second-order valence-corrected chi connectivity index (χ2v) is 8.18. The maximum absolute atomic E-state index is 13.5. The van der Waals surface area contributed by atoms with Crippen molar-refractivity contribution < 1.29 is 57.8 Å². The normalized spacial score (nSPS) is 14.4. The van der Waals surface area contributed by atoms with Gasteiger partial charge in [0.25, 0.3) is 5.92 Å². The SMILES string of the molecule is CN(CCCNS(=O)(=O)CCC(F)(F)CC(F)(C(F)(F)F)C(F)(F)F)CC(=O)[O-]. The van der Waals surface area contributed by atoms with Crippen molar-refractivity contribution in [3.05, 3.63) is 0 Å². The second-order valence-electron chi connectivity index (χ2n) is 6.26. The van der Waals surface area contributed by atoms with E-state index in [1.807, 2.05) is 0 Å². The van der Waals surface area contributed by atoms with Crippen LogP contribution in [0.4, 0.5) is 39.5 Å². The zero-order valence-corrected chi connectivity index (χ0v) is 15.7. The van der Waals surface area contributed by atoms with E-state index in [1.54, 1.807) is 4.72 Å². The fraction of sp³-hybridized carbons (Fsp3) is 0.923. The number of hydrogen-bond acceptors (Lipinski definition) is 5. The lowest BCUT2D eigenvalue weighted by molar-refractivity contribution is -0.354. The molecule has 0 aliphatic heterocycles. The predicted octanol–water partition coefficient (Wildman–Crippen LogP) is 1.23. The van der Waals surface area contributed by atoms with Crippen molar-refractivity contribution >= 4 is 16.0 Å². The molecule has 0 fully saturated rings. The molecule has 29 heavy (non-hydrogen) atoms. The number of carboxylic acids is 1. The van der Waals surface area contributed by atoms with Crippen molar-refractivity contribution in [2.45, 2.75) is 43.2 Å². The van der Waals surface area contributed by atoms with Crippen LogP contribution in [0.25, 0.3) is 0 Å². The highest BCUT2D eigenvalue weighted by molar-refractivity contribution is 7.89. The van der Waals surface area contributed by atoms with Gasteiger partial charge in [0, 0.05) is 19.5 Å². The van der Waals surface area contributed by atoms with E-state index in [2.05, 4.69) is 0 Å². The Hall–Kier alpha value is -1.29. The van der Waals surface area contributed by atoms with Crippen LogP contribution in [0.5, 0.6) is 0 Å². The molecule has 0 heterocycles. The Bertz CT molecular complexity index is 636. The standard InChI is InChI=1S/C13H19F9N2O4S/c1-24(7-9(25)26)5-2-4-23-29(27,28)6-3-10(14,15)8-11(16,12(17,18)19)13(20,21)22/h23H,2-8H2,1H3,(H,25,26)/p-1. The number of rotatable bonds is 12. The van der Waals surface area contributed by atoms with Gasteiger partial charge in [0.2, 0.25) is 10.0 Å². The molecule has 0 aliphatic rings. The van der Waals surface area contributed by atoms with Crippen LogP contribution in [0.3, 0.4) is 0 Å². The molecule has 0 atom stereocenters. The topological polar surface area (TPSA) is 89.5 Å². The van der Waals surface area contributed by atoms with Gasteiger partial charge in [0.15, 0.2) is 0 Å². The van der Waals surface area contributed by atoms with Crippen molar-refractivity contribution in [3.63, 3.8) is 0 Å². The number of carboxylic acid groups (broad SMARTS) is 1. The number of sulfonamides is 1. The number of nitrogens with zero attached hydrogens (tertiary/aromatic N) is 1. The van der Waals surface area contributed by atoms with Gasteiger partial charge in [-0.3, -0.25) is 0 Å². The summed E-state index contributed by atoms with van der Waals surface area (Å²) in [5.74, 6) is -7.89. The van der Waals surface area contributed by atoms with E-state index in [4.69, 9.17) is 0 Å². The highest BCUT2D eigenvalue weighted by Crippen LogP contribution is 2.51. The summed E-state index contributed by atoms with van der Waals surface area (Å²) in [6.07, 6.45) is -18.6. The molecule has 6 nitrogen and oxygen atoms in total. The molecule has 16 heteroatoms. The summed E-state index contributed by atoms with van der Waals surface area (Å²) in [4.78, 5) is 11.5. The molecular formula is C13H18F9N2O4S-. The van der Waals surface area contributed by atoms with E-state index in [0.717, 1.165) is 0 Å². The highest BCUT2D eigenvalue weighted by Gasteiger charge is 2.74. The minimum Gasteiger partial charge on any atom is -0.549 e. The molecule has 0 unspecified atom stereocenters. The van der Waals surface area contributed by atoms with Gasteiger partial charge in [-0.15, -0.1) is 0 Å². The van der Waals surface area contributed by atoms with Gasteiger partial charge in [-0.25, -0.2) is 26.3 Å². The van der Waals surface area contributed by atoms with Gasteiger partial charge in [0.05, 0.1) is 18.1 Å². The van der Waals surface area contributed by atoms with Crippen LogP contribution in [0.2, 0.25) is 0 Å². The maximum Gasteiger partial charge on any atom is 0.431 e. The number of nitrogens with one attached hydrogen (secondary N) is 1. The molecule has 0 bridgehead atoms. The number of carbonyl (C=O) groups is 1. The Labute approximate surface area is 160 Å². The molecule has 0 saturated heterocycles. The van der Waals surface area contributed by atoms with Crippen LogP contribution >= 0.6 is 0 Å². The zero-order chi connectivity index (χ0) is 23.3. The van der Waals surface area contributed by atoms with Gasteiger partial charge >= 0.3 is 18.0 Å². The lowest BCUT2D eigenvalue weighted by Gasteiger charge is -2.32. The van der Waals surface area contributed by atoms with Crippen molar-refractivity contribution in [2.75, 3.05) is 32.4 Å². The molecule has 174 valence electrons. The van der Waals surface area contributed by atoms with Gasteiger partial charge in [-0.2, -0.15) is 26.3 Å². The number of aliphatic carboxylic acids is 1. The molecule has 1 N–H and O–H groups in total. The molecule has 0 spiro atoms. The highest BCUT2D eigenvalue weighted by atomic mass is 32.2. The number of likely N-dealkylation sites (N-methyl/N-ethyl adjacent to an activating group) is 1. The van der Waals surface area contributed by atoms with E-state index in [1.165, 1.54) is 11.9 Å². The zero-order valence-electron chi connectivity index (χ0n) is 14.8. The molecule has 0 rings (SSSR count). The number of hydrogen-bond donors (Lipinski definition) is 1. The molecule has 0 radical (unpaired) electrons. The molecule has 0 amide bonds. The average Bonchev–Trinajstić information content (AvgIpc) is 2.46. The van der Waals surface area contributed by atoms with Crippen LogP contribution in [0.15, 0.2) is 0 Å². The average molecular weight is 469 g/mol. The van der Waals surface area contributed by atoms with E-state index < -0.39 is 65.1 Å². The summed E-state index contributed by atoms with van der Waals surface area (Å²) in [6, 6.07) is 0. The minimum absolute atomic E-state index is 0.00907. The second kappa shape index (κ2) is 9.68. The third-order valence-electron chi connectivity index (χ3n) is 3.58. The fourth-order valence-corrected chi connectivity index (χ4v) is 3.20. The third kappa shape index (κ3) is 9.37. The first kappa shape index (κ1) is 27.7. The molecular weight excluding hydrogens is 451 g/mol. The summed E-state index contributed by atoms with van der Waals surface area (Å²) < 4.78 is 139. The quantitative estimate of drug-likeness (QED) is 0.343. The molecule has 0 aliphatic carbocycles. The van der Waals surface area contributed by atoms with Crippen LogP contribution in [0, 0.1) is 0 Å². The van der Waals surface area contributed by atoms with Crippen LogP contribution in [-0.4, -0.2) is 75.7 Å². The van der Waals surface area contributed by atoms with Crippen molar-refractivity contribution in [1.82, 2.24) is 9.62 Å². The van der Waals surface area contributed by atoms with Crippen LogP contribution < -0.4 is 9.83 Å². The van der Waals surface area contributed by atoms with Crippen LogP contribution in [0.1, 0.15) is 19.3 Å². The fourth-order valence-electron chi connectivity index (χ4n) is 2.04. The van der Waals surface area contributed by atoms with Gasteiger partial charge in [-0.1, -0.05) is 0 Å². The lowest BCUT2D eigenvalue weighted by Crippen LogP contribution is -2.56. The van der Waals surface area contributed by atoms with Gasteiger partial charge in [0.1, 0.15) is 0 Å². The Kier molecular flexibility index (Phi) is 9.25. The number of halogens is 9. The molecule has 0 aromatic rings. The summed E-state index contributed by atoms with van der Waals surface area (Å²) in [7, 11) is -3.17. The summed E-state index contributed by atoms with van der Waals surface area (Å²) in [5, 5.41) is 10.3. The Morgan fingerprint density at radius 2 is 1.48 bits per heavy atom. The van der Waals surface area contributed by atoms with Gasteiger partial charge < -0.3 is 14.8 Å². The first-order valence-corrected chi connectivity index (χ1v) is 9.43. The Morgan fingerprint density at radius 1 is 1.00 bits per heavy atom. The molecule has 0 saturated carbocycles. The smallest absolute Gasteiger partial charge is 0.431 e. The van der Waals surface area contributed by atoms with E-state index >= 15 is 0 Å².